The van der Waals surface area contributed by atoms with E-state index in [4.69, 9.17) is 0 Å². The first kappa shape index (κ1) is 21.4. The van der Waals surface area contributed by atoms with Crippen LogP contribution in [0.2, 0.25) is 0 Å². The van der Waals surface area contributed by atoms with Gasteiger partial charge < -0.3 is 15.5 Å². The van der Waals surface area contributed by atoms with Gasteiger partial charge in [0.25, 0.3) is 0 Å². The van der Waals surface area contributed by atoms with E-state index in [9.17, 15) is 10.2 Å². The van der Waals surface area contributed by atoms with Gasteiger partial charge in [-0.3, -0.25) is 0 Å². The Labute approximate surface area is 186 Å². The van der Waals surface area contributed by atoms with E-state index in [-0.39, 0.29) is 11.5 Å². The van der Waals surface area contributed by atoms with Crippen molar-refractivity contribution in [1.82, 2.24) is 10.7 Å². The first-order chi connectivity index (χ1) is 14.9. The predicted molar refractivity (Wildman–Crippen MR) is 124 cm³/mol. The molecule has 0 unspecified atom stereocenters. The number of guanidine groups is 1. The molecule has 0 spiro atoms. The van der Waals surface area contributed by atoms with E-state index in [1.807, 2.05) is 6.08 Å². The van der Waals surface area contributed by atoms with Crippen LogP contribution in [0.5, 0.6) is 0 Å². The van der Waals surface area contributed by atoms with Gasteiger partial charge in [-0.25, -0.2) is 10.4 Å². The van der Waals surface area contributed by atoms with Crippen molar-refractivity contribution >= 4 is 12.2 Å². The third kappa shape index (κ3) is 3.36. The smallest absolute Gasteiger partial charge is 0.212 e. The Kier molecular flexibility index (Phi) is 5.45. The predicted octanol–water partition coefficient (Wildman–Crippen LogP) is 3.21. The van der Waals surface area contributed by atoms with Gasteiger partial charge in [-0.15, -0.1) is 0 Å². The molecule has 31 heavy (non-hydrogen) atoms. The maximum absolute atomic E-state index is 12.2. The highest BCUT2D eigenvalue weighted by molar-refractivity contribution is 5.82. The number of hydrogen-bond acceptors (Lipinski definition) is 6. The van der Waals surface area contributed by atoms with Gasteiger partial charge in [0.05, 0.1) is 18.2 Å². The number of hydrazone groups is 1. The van der Waals surface area contributed by atoms with Crippen molar-refractivity contribution in [2.45, 2.75) is 83.3 Å². The van der Waals surface area contributed by atoms with Gasteiger partial charge in [-0.2, -0.15) is 5.10 Å². The summed E-state index contributed by atoms with van der Waals surface area (Å²) in [5, 5.41) is 29.8. The highest BCUT2D eigenvalue weighted by atomic mass is 16.3. The molecule has 4 aliphatic carbocycles. The second-order valence-electron chi connectivity index (χ2n) is 11.4. The lowest BCUT2D eigenvalue weighted by atomic mass is 9.43. The van der Waals surface area contributed by atoms with Crippen LogP contribution in [0.3, 0.4) is 0 Å². The van der Waals surface area contributed by atoms with Crippen LogP contribution in [0.15, 0.2) is 22.2 Å². The molecule has 1 heterocycles. The Balaban J connectivity index is 1.29. The largest absolute Gasteiger partial charge is 0.393 e. The molecule has 6 nitrogen and oxygen atoms in total. The van der Waals surface area contributed by atoms with Crippen molar-refractivity contribution in [3.05, 3.63) is 12.2 Å². The van der Waals surface area contributed by atoms with E-state index in [2.05, 4.69) is 40.8 Å². The van der Waals surface area contributed by atoms with E-state index in [0.717, 1.165) is 64.0 Å². The van der Waals surface area contributed by atoms with Crippen LogP contribution in [0.25, 0.3) is 0 Å². The third-order valence-corrected chi connectivity index (χ3v) is 10.2. The Bertz CT molecular complexity index is 781. The van der Waals surface area contributed by atoms with Crippen molar-refractivity contribution in [2.24, 2.45) is 44.6 Å². The average Bonchev–Trinajstić information content (AvgIpc) is 3.35. The molecule has 0 aromatic rings. The van der Waals surface area contributed by atoms with Gasteiger partial charge in [-0.1, -0.05) is 19.9 Å². The zero-order valence-electron chi connectivity index (χ0n) is 19.2. The van der Waals surface area contributed by atoms with Crippen LogP contribution in [0.4, 0.5) is 0 Å². The van der Waals surface area contributed by atoms with Crippen LogP contribution in [0.1, 0.15) is 71.6 Å². The lowest BCUT2D eigenvalue weighted by Crippen LogP contribution is -2.62. The molecule has 4 N–H and O–H groups in total. The summed E-state index contributed by atoms with van der Waals surface area (Å²) in [7, 11) is 0. The van der Waals surface area contributed by atoms with Gasteiger partial charge in [0.2, 0.25) is 5.96 Å². The Hall–Kier alpha value is -1.40. The van der Waals surface area contributed by atoms with Gasteiger partial charge in [0, 0.05) is 18.2 Å². The average molecular weight is 429 g/mol. The molecule has 0 aromatic heterocycles. The molecule has 0 saturated heterocycles. The minimum Gasteiger partial charge on any atom is -0.393 e. The molecule has 8 atom stereocenters. The van der Waals surface area contributed by atoms with Crippen molar-refractivity contribution in [1.29, 1.82) is 0 Å². The summed E-state index contributed by atoms with van der Waals surface area (Å²) >= 11 is 0. The lowest BCUT2D eigenvalue weighted by molar-refractivity contribution is -0.207. The summed E-state index contributed by atoms with van der Waals surface area (Å²) < 4.78 is 0. The molecule has 4 saturated carbocycles. The molecule has 0 bridgehead atoms. The topological polar surface area (TPSA) is 89.2 Å². The minimum atomic E-state index is -0.563. The fraction of sp³-hybridized carbons (Fsp3) is 0.840. The zero-order valence-corrected chi connectivity index (χ0v) is 19.2. The first-order valence-corrected chi connectivity index (χ1v) is 12.5. The van der Waals surface area contributed by atoms with Crippen LogP contribution in [-0.4, -0.2) is 47.2 Å². The highest BCUT2D eigenvalue weighted by Crippen LogP contribution is 2.69. The molecule has 5 aliphatic rings. The lowest BCUT2D eigenvalue weighted by Gasteiger charge is -2.63. The van der Waals surface area contributed by atoms with Crippen LogP contribution in [0, 0.1) is 34.5 Å². The quantitative estimate of drug-likeness (QED) is 0.410. The SMILES string of the molecule is C[C@]12CC[C@H](O)C[C@H]1CC[C@@H]1[C@@H]2CC[C@]2(C)[C@@H](/C=C/C=N/NC3=NCCN3)CC[C@]12O. The first-order valence-electron chi connectivity index (χ1n) is 12.5. The highest BCUT2D eigenvalue weighted by Gasteiger charge is 2.66. The van der Waals surface area contributed by atoms with Crippen LogP contribution >= 0.6 is 0 Å². The van der Waals surface area contributed by atoms with E-state index in [0.29, 0.717) is 29.1 Å². The fourth-order valence-corrected chi connectivity index (χ4v) is 8.35. The maximum Gasteiger partial charge on any atom is 0.212 e. The Morgan fingerprint density at radius 3 is 2.77 bits per heavy atom. The number of allylic oxidation sites excluding steroid dienone is 2. The molecule has 4 fully saturated rings. The number of aliphatic hydroxyl groups is 2. The minimum absolute atomic E-state index is 0.0552. The number of fused-ring (bicyclic) bond motifs is 5. The summed E-state index contributed by atoms with van der Waals surface area (Å²) in [5.74, 6) is 2.77. The van der Waals surface area contributed by atoms with Crippen LogP contribution in [-0.2, 0) is 0 Å². The molecule has 0 amide bonds. The molecular formula is C25H40N4O2. The molecule has 1 aliphatic heterocycles. The fourth-order valence-electron chi connectivity index (χ4n) is 8.35. The summed E-state index contributed by atoms with van der Waals surface area (Å²) in [6, 6.07) is 0. The number of nitrogens with zero attached hydrogens (tertiary/aromatic N) is 2. The van der Waals surface area contributed by atoms with E-state index in [1.165, 1.54) is 12.8 Å². The number of hydrogen-bond donors (Lipinski definition) is 4. The monoisotopic (exact) mass is 428 g/mol. The van der Waals surface area contributed by atoms with Crippen molar-refractivity contribution < 1.29 is 10.2 Å². The molecule has 6 heteroatoms. The van der Waals surface area contributed by atoms with E-state index >= 15 is 0 Å². The number of rotatable bonds is 3. The normalized spacial score (nSPS) is 49.4. The number of aliphatic hydroxyl groups excluding tert-OH is 1. The zero-order chi connectivity index (χ0) is 21.7. The molecular weight excluding hydrogens is 388 g/mol. The van der Waals surface area contributed by atoms with Crippen molar-refractivity contribution in [3.8, 4) is 0 Å². The van der Waals surface area contributed by atoms with E-state index < -0.39 is 5.60 Å². The second kappa shape index (κ2) is 7.87. The Morgan fingerprint density at radius 1 is 1.10 bits per heavy atom. The third-order valence-electron chi connectivity index (χ3n) is 10.2. The Morgan fingerprint density at radius 2 is 1.97 bits per heavy atom. The maximum atomic E-state index is 12.2. The molecule has 5 rings (SSSR count). The molecule has 172 valence electrons. The summed E-state index contributed by atoms with van der Waals surface area (Å²) in [6.45, 7) is 6.49. The van der Waals surface area contributed by atoms with Gasteiger partial charge in [0.1, 0.15) is 0 Å². The van der Waals surface area contributed by atoms with Gasteiger partial charge in [-0.05, 0) is 93.0 Å². The van der Waals surface area contributed by atoms with Crippen molar-refractivity contribution in [3.63, 3.8) is 0 Å². The summed E-state index contributed by atoms with van der Waals surface area (Å²) in [6.07, 6.45) is 15.6. The van der Waals surface area contributed by atoms with Gasteiger partial charge in [0.15, 0.2) is 0 Å². The van der Waals surface area contributed by atoms with E-state index in [1.54, 1.807) is 6.21 Å². The van der Waals surface area contributed by atoms with Crippen molar-refractivity contribution in [2.75, 3.05) is 13.1 Å². The summed E-state index contributed by atoms with van der Waals surface area (Å²) in [4.78, 5) is 4.27. The summed E-state index contributed by atoms with van der Waals surface area (Å²) in [5.41, 5.74) is 2.62. The number of aliphatic imine (C=N–C) groups is 1. The number of nitrogens with one attached hydrogen (secondary N) is 2. The van der Waals surface area contributed by atoms with Gasteiger partial charge >= 0.3 is 0 Å². The molecule has 0 radical (unpaired) electrons. The standard InChI is InChI=1S/C25H40N4O2/c1-23-10-8-19(30)16-18(23)5-6-21-20(23)9-11-24(2)17(7-12-25(21,24)31)4-3-13-28-29-22-26-14-15-27-22/h3-4,13,17-21,30-31H,5-12,14-16H2,1-2H3,(H2,26,27,29)/b4-3+,28-13+/t17-,18+,19-,20-,21+,23-,24+,25-/m0/s1. The second-order valence-corrected chi connectivity index (χ2v) is 11.4. The van der Waals surface area contributed by atoms with Crippen LogP contribution < -0.4 is 10.7 Å². The molecule has 0 aromatic carbocycles.